The number of aromatic nitrogens is 1. The lowest BCUT2D eigenvalue weighted by Crippen LogP contribution is -2.17. The van der Waals surface area contributed by atoms with Crippen molar-refractivity contribution in [3.05, 3.63) is 29.1 Å². The molecule has 1 rings (SSSR count). The number of hydrogen-bond donors (Lipinski definition) is 2. The van der Waals surface area contributed by atoms with Crippen LogP contribution in [0.25, 0.3) is 0 Å². The lowest BCUT2D eigenvalue weighted by atomic mass is 10.1. The number of carboxylic acid groups (broad SMARTS) is 2. The quantitative estimate of drug-likeness (QED) is 0.709. The molecule has 2 N–H and O–H groups in total. The highest BCUT2D eigenvalue weighted by Crippen LogP contribution is 2.14. The van der Waals surface area contributed by atoms with Gasteiger partial charge in [-0.3, -0.25) is 0 Å². The number of carbonyl (C=O) groups is 3. The van der Waals surface area contributed by atoms with Gasteiger partial charge in [0.2, 0.25) is 0 Å². The second kappa shape index (κ2) is 4.39. The minimum atomic E-state index is -1.50. The molecule has 16 heavy (non-hydrogen) atoms. The Morgan fingerprint density at radius 3 is 2.31 bits per heavy atom. The Kier molecular flexibility index (Phi) is 3.19. The third kappa shape index (κ3) is 1.97. The number of hydrogen-bond acceptors (Lipinski definition) is 5. The van der Waals surface area contributed by atoms with Gasteiger partial charge in [-0.15, -0.1) is 0 Å². The van der Waals surface area contributed by atoms with Crippen molar-refractivity contribution in [1.29, 1.82) is 0 Å². The van der Waals surface area contributed by atoms with E-state index in [-0.39, 0.29) is 0 Å². The zero-order valence-corrected chi connectivity index (χ0v) is 8.13. The minimum absolute atomic E-state index is 0.459. The zero-order valence-electron chi connectivity index (χ0n) is 8.13. The summed E-state index contributed by atoms with van der Waals surface area (Å²) in [6, 6.07) is 1.03. The molecule has 0 radical (unpaired) electrons. The normalized spacial score (nSPS) is 9.56. The molecule has 1 aromatic heterocycles. The molecule has 84 valence electrons. The van der Waals surface area contributed by atoms with Crippen molar-refractivity contribution in [3.63, 3.8) is 0 Å². The van der Waals surface area contributed by atoms with Gasteiger partial charge < -0.3 is 14.9 Å². The van der Waals surface area contributed by atoms with Crippen molar-refractivity contribution in [2.24, 2.45) is 0 Å². The molecule has 0 saturated heterocycles. The van der Waals surface area contributed by atoms with Crippen molar-refractivity contribution in [1.82, 2.24) is 4.98 Å². The van der Waals surface area contributed by atoms with E-state index >= 15 is 0 Å². The molecule has 1 aromatic rings. The highest BCUT2D eigenvalue weighted by molar-refractivity contribution is 6.08. The summed E-state index contributed by atoms with van der Waals surface area (Å²) in [7, 11) is 1.02. The molecule has 0 unspecified atom stereocenters. The van der Waals surface area contributed by atoms with Crippen LogP contribution in [0.1, 0.15) is 31.2 Å². The third-order valence-corrected chi connectivity index (χ3v) is 1.77. The summed E-state index contributed by atoms with van der Waals surface area (Å²) in [5.41, 5.74) is -1.67. The lowest BCUT2D eigenvalue weighted by Gasteiger charge is -2.06. The Morgan fingerprint density at radius 2 is 1.88 bits per heavy atom. The number of aromatic carboxylic acids is 2. The third-order valence-electron chi connectivity index (χ3n) is 1.77. The van der Waals surface area contributed by atoms with Crippen LogP contribution in [-0.2, 0) is 4.74 Å². The van der Waals surface area contributed by atoms with Crippen LogP contribution < -0.4 is 0 Å². The Bertz CT molecular complexity index is 435. The Labute approximate surface area is 89.3 Å². The number of nitrogens with zero attached hydrogens (tertiary/aromatic N) is 1. The maximum Gasteiger partial charge on any atom is 0.355 e. The molecule has 0 amide bonds. The first-order valence-corrected chi connectivity index (χ1v) is 4.03. The predicted octanol–water partition coefficient (Wildman–Crippen LogP) is 0.265. The molecule has 1 heterocycles. The summed E-state index contributed by atoms with van der Waals surface area (Å²) < 4.78 is 4.31. The van der Waals surface area contributed by atoms with Crippen LogP contribution in [-0.4, -0.2) is 40.2 Å². The highest BCUT2D eigenvalue weighted by atomic mass is 16.5. The van der Waals surface area contributed by atoms with Crippen LogP contribution in [0.3, 0.4) is 0 Å². The van der Waals surface area contributed by atoms with Gasteiger partial charge in [-0.05, 0) is 6.07 Å². The maximum atomic E-state index is 11.3. The number of methoxy groups -OCH3 is 1. The fraction of sp³-hybridized carbons (Fsp3) is 0.111. The van der Waals surface area contributed by atoms with Crippen LogP contribution in [0.15, 0.2) is 12.3 Å². The van der Waals surface area contributed by atoms with Gasteiger partial charge in [-0.25, -0.2) is 19.4 Å². The van der Waals surface area contributed by atoms with Gasteiger partial charge in [0.1, 0.15) is 5.56 Å². The van der Waals surface area contributed by atoms with E-state index in [1.165, 1.54) is 0 Å². The monoisotopic (exact) mass is 225 g/mol. The van der Waals surface area contributed by atoms with Gasteiger partial charge in [0.15, 0.2) is 5.69 Å². The van der Waals surface area contributed by atoms with E-state index in [1.54, 1.807) is 0 Å². The van der Waals surface area contributed by atoms with Crippen LogP contribution in [0.4, 0.5) is 0 Å². The van der Waals surface area contributed by atoms with Gasteiger partial charge in [0.25, 0.3) is 0 Å². The smallest absolute Gasteiger partial charge is 0.355 e. The summed E-state index contributed by atoms with van der Waals surface area (Å²) in [5, 5.41) is 17.5. The summed E-state index contributed by atoms with van der Waals surface area (Å²) in [5.74, 6) is -3.98. The molecule has 7 nitrogen and oxygen atoms in total. The number of carboxylic acids is 2. The van der Waals surface area contributed by atoms with Gasteiger partial charge >= 0.3 is 17.9 Å². The first-order chi connectivity index (χ1) is 7.49. The molecule has 0 aromatic carbocycles. The molecule has 0 aliphatic heterocycles. The molecule has 0 aliphatic rings. The van der Waals surface area contributed by atoms with Crippen molar-refractivity contribution >= 4 is 17.9 Å². The maximum absolute atomic E-state index is 11.3. The van der Waals surface area contributed by atoms with E-state index in [2.05, 4.69) is 9.72 Å². The first-order valence-electron chi connectivity index (χ1n) is 4.03. The van der Waals surface area contributed by atoms with E-state index in [0.29, 0.717) is 0 Å². The molecule has 0 bridgehead atoms. The topological polar surface area (TPSA) is 114 Å². The summed E-state index contributed by atoms with van der Waals surface area (Å²) in [6.45, 7) is 0. The second-order valence-electron chi connectivity index (χ2n) is 2.68. The number of rotatable bonds is 3. The second-order valence-corrected chi connectivity index (χ2v) is 2.68. The van der Waals surface area contributed by atoms with E-state index < -0.39 is 34.7 Å². The van der Waals surface area contributed by atoms with Gasteiger partial charge in [0, 0.05) is 6.20 Å². The largest absolute Gasteiger partial charge is 0.478 e. The molecule has 0 atom stereocenters. The van der Waals surface area contributed by atoms with Crippen molar-refractivity contribution < 1.29 is 29.3 Å². The van der Waals surface area contributed by atoms with Crippen LogP contribution in [0, 0.1) is 0 Å². The predicted molar refractivity (Wildman–Crippen MR) is 49.5 cm³/mol. The number of carbonyl (C=O) groups excluding carboxylic acids is 1. The van der Waals surface area contributed by atoms with E-state index in [1.807, 2.05) is 0 Å². The Morgan fingerprint density at radius 1 is 1.25 bits per heavy atom. The summed E-state index contributed by atoms with van der Waals surface area (Å²) in [6.07, 6.45) is 0.999. The molecule has 0 spiro atoms. The van der Waals surface area contributed by atoms with E-state index in [9.17, 15) is 14.4 Å². The Balaban J connectivity index is 3.53. The summed E-state index contributed by atoms with van der Waals surface area (Å²) >= 11 is 0. The number of esters is 1. The van der Waals surface area contributed by atoms with Gasteiger partial charge in [0.05, 0.1) is 12.7 Å². The molecule has 7 heteroatoms. The lowest BCUT2D eigenvalue weighted by molar-refractivity contribution is 0.0566. The SMILES string of the molecule is COC(=O)c1c(C(=O)O)ccnc1C(=O)O. The first kappa shape index (κ1) is 11.6. The Hall–Kier alpha value is -2.44. The number of pyridine rings is 1. The van der Waals surface area contributed by atoms with Gasteiger partial charge in [-0.2, -0.15) is 0 Å². The molecular formula is C9H7NO6. The van der Waals surface area contributed by atoms with Crippen molar-refractivity contribution in [3.8, 4) is 0 Å². The van der Waals surface area contributed by atoms with Crippen molar-refractivity contribution in [2.45, 2.75) is 0 Å². The van der Waals surface area contributed by atoms with Crippen molar-refractivity contribution in [2.75, 3.05) is 7.11 Å². The van der Waals surface area contributed by atoms with Crippen LogP contribution >= 0.6 is 0 Å². The van der Waals surface area contributed by atoms with Crippen LogP contribution in [0.5, 0.6) is 0 Å². The van der Waals surface area contributed by atoms with E-state index in [4.69, 9.17) is 10.2 Å². The standard InChI is InChI=1S/C9H7NO6/c1-16-9(15)5-4(7(11)12)2-3-10-6(5)8(13)14/h2-3H,1H3,(H,11,12)(H,13,14). The number of ether oxygens (including phenoxy) is 1. The van der Waals surface area contributed by atoms with Gasteiger partial charge in [-0.1, -0.05) is 0 Å². The fourth-order valence-corrected chi connectivity index (χ4v) is 1.11. The van der Waals surface area contributed by atoms with E-state index in [0.717, 1.165) is 19.4 Å². The molecule has 0 fully saturated rings. The molecule has 0 aliphatic carbocycles. The highest BCUT2D eigenvalue weighted by Gasteiger charge is 2.25. The van der Waals surface area contributed by atoms with Crippen LogP contribution in [0.2, 0.25) is 0 Å². The molecule has 0 saturated carbocycles. The molecular weight excluding hydrogens is 218 g/mol. The average Bonchev–Trinajstić information content (AvgIpc) is 2.26. The average molecular weight is 225 g/mol. The zero-order chi connectivity index (χ0) is 12.3. The fourth-order valence-electron chi connectivity index (χ4n) is 1.11. The minimum Gasteiger partial charge on any atom is -0.478 e. The summed E-state index contributed by atoms with van der Waals surface area (Å²) in [4.78, 5) is 36.2.